The lowest BCUT2D eigenvalue weighted by Gasteiger charge is -2.27. The van der Waals surface area contributed by atoms with E-state index in [1.54, 1.807) is 0 Å². The molecule has 0 atom stereocenters. The molecule has 1 fully saturated rings. The Balaban J connectivity index is 1.61. The van der Waals surface area contributed by atoms with Gasteiger partial charge >= 0.3 is 0 Å². The number of benzene rings is 2. The van der Waals surface area contributed by atoms with Crippen molar-refractivity contribution < 1.29 is 9.13 Å². The van der Waals surface area contributed by atoms with Crippen molar-refractivity contribution in [1.29, 1.82) is 0 Å². The number of halogens is 1. The van der Waals surface area contributed by atoms with Crippen molar-refractivity contribution in [3.8, 4) is 16.9 Å². The van der Waals surface area contributed by atoms with Crippen molar-refractivity contribution >= 4 is 0 Å². The highest BCUT2D eigenvalue weighted by atomic mass is 19.1. The predicted molar refractivity (Wildman–Crippen MR) is 103 cm³/mol. The topological polar surface area (TPSA) is 9.23 Å². The highest BCUT2D eigenvalue weighted by Crippen LogP contribution is 2.36. The summed E-state index contributed by atoms with van der Waals surface area (Å²) in [5.74, 6) is 2.20. The molecule has 0 N–H and O–H groups in total. The van der Waals surface area contributed by atoms with E-state index in [0.717, 1.165) is 5.75 Å². The van der Waals surface area contributed by atoms with Crippen molar-refractivity contribution in [3.05, 3.63) is 66.7 Å². The second-order valence-electron chi connectivity index (χ2n) is 6.88. The number of ether oxygens (including phenoxy) is 1. The summed E-state index contributed by atoms with van der Waals surface area (Å²) in [6.07, 6.45) is 7.61. The van der Waals surface area contributed by atoms with Crippen LogP contribution in [-0.4, -0.2) is 13.3 Å². The van der Waals surface area contributed by atoms with Gasteiger partial charge in [0.2, 0.25) is 0 Å². The van der Waals surface area contributed by atoms with Crippen LogP contribution in [0.15, 0.2) is 61.2 Å². The molecule has 1 aliphatic rings. The van der Waals surface area contributed by atoms with Crippen LogP contribution in [0.4, 0.5) is 4.39 Å². The van der Waals surface area contributed by atoms with E-state index >= 15 is 0 Å². The van der Waals surface area contributed by atoms with Gasteiger partial charge in [-0.2, -0.15) is 0 Å². The first-order valence-electron chi connectivity index (χ1n) is 9.32. The third kappa shape index (κ3) is 4.72. The molecular weight excluding hydrogens is 311 g/mol. The molecule has 0 amide bonds. The Labute approximate surface area is 150 Å². The predicted octanol–water partition coefficient (Wildman–Crippen LogP) is 6.55. The van der Waals surface area contributed by atoms with E-state index < -0.39 is 0 Å². The highest BCUT2D eigenvalue weighted by Gasteiger charge is 2.20. The lowest BCUT2D eigenvalue weighted by molar-refractivity contribution is 0.289. The molecule has 0 unspecified atom stereocenters. The third-order valence-corrected chi connectivity index (χ3v) is 5.22. The van der Waals surface area contributed by atoms with Gasteiger partial charge in [0.25, 0.3) is 0 Å². The Bertz CT molecular complexity index is 651. The van der Waals surface area contributed by atoms with Gasteiger partial charge in [-0.15, -0.1) is 6.58 Å². The zero-order valence-electron chi connectivity index (χ0n) is 14.8. The molecule has 0 bridgehead atoms. The largest absolute Gasteiger partial charge is 0.493 e. The van der Waals surface area contributed by atoms with Crippen LogP contribution < -0.4 is 4.74 Å². The fourth-order valence-electron chi connectivity index (χ4n) is 3.62. The SMILES string of the molecule is C=CC1CCC(c2ccc(-c3ccc(OCCCF)cc3)cc2)CC1. The van der Waals surface area contributed by atoms with Crippen molar-refractivity contribution in [2.24, 2.45) is 5.92 Å². The van der Waals surface area contributed by atoms with Crippen molar-refractivity contribution in [2.75, 3.05) is 13.3 Å². The Morgan fingerprint density at radius 3 is 2.08 bits per heavy atom. The second kappa shape index (κ2) is 8.84. The van der Waals surface area contributed by atoms with Gasteiger partial charge in [0.1, 0.15) is 5.75 Å². The molecule has 1 nitrogen and oxygen atoms in total. The number of allylic oxidation sites excluding steroid dienone is 1. The van der Waals surface area contributed by atoms with E-state index in [4.69, 9.17) is 4.74 Å². The molecule has 0 heterocycles. The van der Waals surface area contributed by atoms with Gasteiger partial charge in [-0.3, -0.25) is 4.39 Å². The van der Waals surface area contributed by atoms with Crippen molar-refractivity contribution in [1.82, 2.24) is 0 Å². The van der Waals surface area contributed by atoms with E-state index in [1.807, 2.05) is 12.1 Å². The van der Waals surface area contributed by atoms with Crippen molar-refractivity contribution in [2.45, 2.75) is 38.0 Å². The van der Waals surface area contributed by atoms with E-state index in [1.165, 1.54) is 42.4 Å². The molecule has 0 spiro atoms. The number of alkyl halides is 1. The summed E-state index contributed by atoms with van der Waals surface area (Å²) in [6, 6.07) is 17.0. The van der Waals surface area contributed by atoms with Gasteiger partial charge < -0.3 is 4.74 Å². The minimum absolute atomic E-state index is 0.334. The fourth-order valence-corrected chi connectivity index (χ4v) is 3.62. The monoisotopic (exact) mass is 338 g/mol. The molecule has 3 rings (SSSR count). The quantitative estimate of drug-likeness (QED) is 0.411. The highest BCUT2D eigenvalue weighted by molar-refractivity contribution is 5.64. The lowest BCUT2D eigenvalue weighted by Crippen LogP contribution is -2.11. The summed E-state index contributed by atoms with van der Waals surface area (Å²) in [5, 5.41) is 0. The Hall–Kier alpha value is -2.09. The molecule has 132 valence electrons. The first kappa shape index (κ1) is 17.7. The van der Waals surface area contributed by atoms with Crippen LogP contribution in [0.1, 0.15) is 43.6 Å². The molecule has 2 aromatic carbocycles. The smallest absolute Gasteiger partial charge is 0.119 e. The van der Waals surface area contributed by atoms with E-state index in [0.29, 0.717) is 24.9 Å². The molecule has 25 heavy (non-hydrogen) atoms. The van der Waals surface area contributed by atoms with Gasteiger partial charge in [-0.25, -0.2) is 0 Å². The molecular formula is C23H27FO. The van der Waals surface area contributed by atoms with Crippen LogP contribution in [0.5, 0.6) is 5.75 Å². The molecule has 0 saturated heterocycles. The van der Waals surface area contributed by atoms with Gasteiger partial charge in [-0.1, -0.05) is 42.5 Å². The van der Waals surface area contributed by atoms with Gasteiger partial charge in [0, 0.05) is 6.42 Å². The molecule has 1 aliphatic carbocycles. The average Bonchev–Trinajstić information content (AvgIpc) is 2.69. The first-order chi connectivity index (χ1) is 12.3. The lowest BCUT2D eigenvalue weighted by atomic mass is 9.78. The number of rotatable bonds is 7. The average molecular weight is 338 g/mol. The number of hydrogen-bond acceptors (Lipinski definition) is 1. The zero-order chi connectivity index (χ0) is 17.5. The van der Waals surface area contributed by atoms with Crippen LogP contribution in [0.25, 0.3) is 11.1 Å². The van der Waals surface area contributed by atoms with Gasteiger partial charge in [0.15, 0.2) is 0 Å². The van der Waals surface area contributed by atoms with Gasteiger partial charge in [0.05, 0.1) is 13.3 Å². The molecule has 0 radical (unpaired) electrons. The Morgan fingerprint density at radius 2 is 1.52 bits per heavy atom. The summed E-state index contributed by atoms with van der Waals surface area (Å²) in [7, 11) is 0. The molecule has 0 aromatic heterocycles. The van der Waals surface area contributed by atoms with E-state index in [-0.39, 0.29) is 6.67 Å². The first-order valence-corrected chi connectivity index (χ1v) is 9.32. The van der Waals surface area contributed by atoms with Crippen LogP contribution in [-0.2, 0) is 0 Å². The number of hydrogen-bond donors (Lipinski definition) is 0. The Morgan fingerprint density at radius 1 is 0.920 bits per heavy atom. The summed E-state index contributed by atoms with van der Waals surface area (Å²) in [5.41, 5.74) is 3.86. The summed E-state index contributed by atoms with van der Waals surface area (Å²) >= 11 is 0. The summed E-state index contributed by atoms with van der Waals surface area (Å²) < 4.78 is 17.6. The molecule has 1 saturated carbocycles. The molecule has 2 heteroatoms. The fraction of sp³-hybridized carbons (Fsp3) is 0.391. The minimum Gasteiger partial charge on any atom is -0.493 e. The van der Waals surface area contributed by atoms with E-state index in [2.05, 4.69) is 49.1 Å². The van der Waals surface area contributed by atoms with Crippen molar-refractivity contribution in [3.63, 3.8) is 0 Å². The molecule has 2 aromatic rings. The maximum absolute atomic E-state index is 12.1. The molecule has 0 aliphatic heterocycles. The van der Waals surface area contributed by atoms with Crippen LogP contribution in [0.3, 0.4) is 0 Å². The maximum atomic E-state index is 12.1. The third-order valence-electron chi connectivity index (χ3n) is 5.22. The standard InChI is InChI=1S/C23H27FO/c1-2-18-4-6-19(7-5-18)20-8-10-21(11-9-20)22-12-14-23(15-13-22)25-17-3-16-24/h2,8-15,18-19H,1,3-7,16-17H2. The Kier molecular flexibility index (Phi) is 6.27. The normalized spacial score (nSPS) is 20.2. The van der Waals surface area contributed by atoms with E-state index in [9.17, 15) is 4.39 Å². The summed E-state index contributed by atoms with van der Waals surface area (Å²) in [4.78, 5) is 0. The zero-order valence-corrected chi connectivity index (χ0v) is 14.8. The van der Waals surface area contributed by atoms with Crippen LogP contribution in [0.2, 0.25) is 0 Å². The van der Waals surface area contributed by atoms with Gasteiger partial charge in [-0.05, 0) is 66.3 Å². The maximum Gasteiger partial charge on any atom is 0.119 e. The minimum atomic E-state index is -0.334. The summed E-state index contributed by atoms with van der Waals surface area (Å²) in [6.45, 7) is 4.02. The second-order valence-corrected chi connectivity index (χ2v) is 6.88. The van der Waals surface area contributed by atoms with Crippen LogP contribution >= 0.6 is 0 Å². The van der Waals surface area contributed by atoms with Crippen LogP contribution in [0, 0.1) is 5.92 Å².